The molecule has 2 unspecified atom stereocenters. The van der Waals surface area contributed by atoms with E-state index in [4.69, 9.17) is 4.98 Å². The lowest BCUT2D eigenvalue weighted by Gasteiger charge is -2.60. The molecule has 0 aliphatic heterocycles. The molecule has 1 aromatic heterocycles. The van der Waals surface area contributed by atoms with E-state index in [1.807, 2.05) is 48.7 Å². The molecule has 3 saturated carbocycles. The topological polar surface area (TPSA) is 30.0 Å². The summed E-state index contributed by atoms with van der Waals surface area (Å²) in [5.41, 5.74) is 2.94. The van der Waals surface area contributed by atoms with E-state index >= 15 is 0 Å². The quantitative estimate of drug-likeness (QED) is 0.418. The molecule has 27 heavy (non-hydrogen) atoms. The van der Waals surface area contributed by atoms with Gasteiger partial charge in [-0.15, -0.1) is 0 Å². The Bertz CT molecular complexity index is 918. The van der Waals surface area contributed by atoms with Gasteiger partial charge in [0.25, 0.3) is 0 Å². The van der Waals surface area contributed by atoms with Crippen LogP contribution in [0.2, 0.25) is 0 Å². The van der Waals surface area contributed by atoms with Crippen molar-refractivity contribution in [2.75, 3.05) is 0 Å². The number of halogens is 1. The van der Waals surface area contributed by atoms with E-state index in [0.717, 1.165) is 24.1 Å². The summed E-state index contributed by atoms with van der Waals surface area (Å²) in [6, 6.07) is 26.4. The maximum atomic E-state index is 13.5. The van der Waals surface area contributed by atoms with Crippen LogP contribution in [0.1, 0.15) is 34.5 Å². The van der Waals surface area contributed by atoms with Crippen LogP contribution in [-0.2, 0) is 5.41 Å². The van der Waals surface area contributed by atoms with Crippen LogP contribution in [0.4, 0.5) is 0 Å². The second kappa shape index (κ2) is 6.13. The van der Waals surface area contributed by atoms with Crippen molar-refractivity contribution >= 4 is 21.7 Å². The van der Waals surface area contributed by atoms with Gasteiger partial charge in [0.15, 0.2) is 5.78 Å². The summed E-state index contributed by atoms with van der Waals surface area (Å²) >= 11 is 3.96. The minimum Gasteiger partial charge on any atom is -0.293 e. The van der Waals surface area contributed by atoms with Crippen LogP contribution in [0.3, 0.4) is 0 Å². The Kier molecular flexibility index (Phi) is 3.83. The van der Waals surface area contributed by atoms with Gasteiger partial charge in [0.2, 0.25) is 0 Å². The number of rotatable bonds is 4. The van der Waals surface area contributed by atoms with E-state index in [2.05, 4.69) is 52.3 Å². The summed E-state index contributed by atoms with van der Waals surface area (Å²) in [6.45, 7) is 0. The molecule has 0 spiro atoms. The molecule has 4 atom stereocenters. The second-order valence-electron chi connectivity index (χ2n) is 7.60. The average molecular weight is 418 g/mol. The lowest BCUT2D eigenvalue weighted by molar-refractivity contribution is 0.0516. The van der Waals surface area contributed by atoms with Crippen LogP contribution < -0.4 is 0 Å². The molecular formula is C24H20BrNO. The maximum Gasteiger partial charge on any atom is 0.180 e. The van der Waals surface area contributed by atoms with Crippen molar-refractivity contribution in [3.05, 3.63) is 102 Å². The van der Waals surface area contributed by atoms with Gasteiger partial charge in [0.1, 0.15) is 0 Å². The van der Waals surface area contributed by atoms with E-state index in [1.165, 1.54) is 5.56 Å². The third-order valence-corrected chi connectivity index (χ3v) is 8.05. The van der Waals surface area contributed by atoms with Gasteiger partial charge in [-0.2, -0.15) is 0 Å². The molecule has 2 bridgehead atoms. The molecule has 3 aromatic rings. The second-order valence-corrected chi connectivity index (χ2v) is 8.91. The number of benzene rings is 2. The Labute approximate surface area is 167 Å². The summed E-state index contributed by atoms with van der Waals surface area (Å²) in [6.07, 6.45) is 3.92. The van der Waals surface area contributed by atoms with Crippen molar-refractivity contribution in [1.29, 1.82) is 0 Å². The molecule has 2 nitrogen and oxygen atoms in total. The van der Waals surface area contributed by atoms with Crippen molar-refractivity contribution in [1.82, 2.24) is 4.98 Å². The van der Waals surface area contributed by atoms with Crippen molar-refractivity contribution in [2.45, 2.75) is 22.6 Å². The molecule has 0 N–H and O–H groups in total. The molecule has 3 heteroatoms. The number of carbonyl (C=O) groups is 1. The summed E-state index contributed by atoms with van der Waals surface area (Å²) in [5.74, 6) is 0.595. The van der Waals surface area contributed by atoms with Crippen LogP contribution in [0.25, 0.3) is 0 Å². The van der Waals surface area contributed by atoms with Crippen molar-refractivity contribution in [2.24, 2.45) is 11.8 Å². The lowest BCUT2D eigenvalue weighted by atomic mass is 9.46. The van der Waals surface area contributed by atoms with Gasteiger partial charge in [-0.05, 0) is 42.4 Å². The molecule has 2 aromatic carbocycles. The zero-order chi connectivity index (χ0) is 18.5. The van der Waals surface area contributed by atoms with E-state index < -0.39 is 4.32 Å². The third-order valence-electron chi connectivity index (χ3n) is 6.58. The fourth-order valence-electron chi connectivity index (χ4n) is 5.62. The maximum absolute atomic E-state index is 13.5. The van der Waals surface area contributed by atoms with Crippen LogP contribution in [0, 0.1) is 11.8 Å². The van der Waals surface area contributed by atoms with Crippen LogP contribution in [0.15, 0.2) is 85.1 Å². The minimum atomic E-state index is -0.512. The van der Waals surface area contributed by atoms with Crippen molar-refractivity contribution in [3.8, 4) is 0 Å². The van der Waals surface area contributed by atoms with Gasteiger partial charge < -0.3 is 0 Å². The van der Waals surface area contributed by atoms with Crippen LogP contribution in [-0.4, -0.2) is 15.1 Å². The zero-order valence-corrected chi connectivity index (χ0v) is 16.5. The van der Waals surface area contributed by atoms with Gasteiger partial charge >= 0.3 is 0 Å². The fraction of sp³-hybridized carbons (Fsp3) is 0.250. The Morgan fingerprint density at radius 2 is 1.44 bits per heavy atom. The number of ketones is 1. The number of pyridine rings is 1. The van der Waals surface area contributed by atoms with E-state index in [-0.39, 0.29) is 23.0 Å². The number of nitrogens with zero attached hydrogens (tertiary/aromatic N) is 1. The summed E-state index contributed by atoms with van der Waals surface area (Å²) < 4.78 is -0.512. The average Bonchev–Trinajstić information content (AvgIpc) is 3.33. The van der Waals surface area contributed by atoms with E-state index in [9.17, 15) is 4.79 Å². The number of hydrogen-bond donors (Lipinski definition) is 0. The van der Waals surface area contributed by atoms with E-state index in [1.54, 1.807) is 0 Å². The molecule has 6 rings (SSSR count). The highest BCUT2D eigenvalue weighted by atomic mass is 79.9. The lowest BCUT2D eigenvalue weighted by Crippen LogP contribution is -2.67. The Morgan fingerprint density at radius 1 is 0.852 bits per heavy atom. The van der Waals surface area contributed by atoms with Crippen molar-refractivity contribution < 1.29 is 4.79 Å². The first kappa shape index (κ1) is 16.9. The van der Waals surface area contributed by atoms with Gasteiger partial charge in [0, 0.05) is 17.2 Å². The Balaban J connectivity index is 1.65. The molecule has 0 saturated heterocycles. The van der Waals surface area contributed by atoms with Crippen molar-refractivity contribution in [3.63, 3.8) is 0 Å². The minimum absolute atomic E-state index is 0.194. The molecule has 0 radical (unpaired) electrons. The van der Waals surface area contributed by atoms with E-state index in [0.29, 0.717) is 0 Å². The van der Waals surface area contributed by atoms with Gasteiger partial charge in [-0.3, -0.25) is 9.78 Å². The molecule has 1 heterocycles. The molecule has 3 aliphatic carbocycles. The normalized spacial score (nSPS) is 31.3. The fourth-order valence-corrected chi connectivity index (χ4v) is 7.03. The van der Waals surface area contributed by atoms with Gasteiger partial charge in [0.05, 0.1) is 10.0 Å². The first-order valence-electron chi connectivity index (χ1n) is 9.46. The summed E-state index contributed by atoms with van der Waals surface area (Å²) in [4.78, 5) is 18.2. The SMILES string of the molecule is O=C(c1ccccc1)C1(Br)[C@H]2CC[C@@H]1C2(c1ccccc1)c1ccccn1. The highest BCUT2D eigenvalue weighted by Crippen LogP contribution is 2.74. The summed E-state index contributed by atoms with van der Waals surface area (Å²) in [7, 11) is 0. The number of carbonyl (C=O) groups excluding carboxylic acids is 1. The number of fused-ring (bicyclic) bond motifs is 1. The zero-order valence-electron chi connectivity index (χ0n) is 14.9. The smallest absolute Gasteiger partial charge is 0.180 e. The number of hydrogen-bond acceptors (Lipinski definition) is 2. The molecular weight excluding hydrogens is 398 g/mol. The Morgan fingerprint density at radius 3 is 2.04 bits per heavy atom. The Hall–Kier alpha value is -2.26. The molecule has 0 amide bonds. The highest BCUT2D eigenvalue weighted by molar-refractivity contribution is 9.10. The largest absolute Gasteiger partial charge is 0.293 e. The standard InChI is InChI=1S/C24H20BrNO/c25-24(22(27)17-9-3-1-4-10-17)19-14-15-20(24)23(19,18-11-5-2-6-12-18)21-13-7-8-16-26-21/h1-13,16,19-20H,14-15H2/t19-,20+,23?,24?. The molecule has 3 fully saturated rings. The van der Waals surface area contributed by atoms with Gasteiger partial charge in [-0.25, -0.2) is 0 Å². The van der Waals surface area contributed by atoms with Crippen LogP contribution in [0.5, 0.6) is 0 Å². The van der Waals surface area contributed by atoms with Gasteiger partial charge in [-0.1, -0.05) is 82.7 Å². The molecule has 134 valence electrons. The number of aromatic nitrogens is 1. The monoisotopic (exact) mass is 417 g/mol. The highest BCUT2D eigenvalue weighted by Gasteiger charge is 2.77. The summed E-state index contributed by atoms with van der Waals surface area (Å²) in [5, 5.41) is 0. The van der Waals surface area contributed by atoms with Crippen LogP contribution >= 0.6 is 15.9 Å². The predicted molar refractivity (Wildman–Crippen MR) is 110 cm³/mol. The number of alkyl halides is 1. The first-order chi connectivity index (χ1) is 13.2. The predicted octanol–water partition coefficient (Wildman–Crippen LogP) is 5.42. The first-order valence-corrected chi connectivity index (χ1v) is 10.2. The third kappa shape index (κ3) is 2.12. The number of Topliss-reactive ketones (excluding diaryl/α,β-unsaturated/α-hetero) is 1. The molecule has 3 aliphatic rings.